The van der Waals surface area contributed by atoms with Crippen LogP contribution >= 0.6 is 0 Å². The molecule has 1 aromatic rings. The fourth-order valence-electron chi connectivity index (χ4n) is 3.43. The zero-order valence-electron chi connectivity index (χ0n) is 13.7. The second-order valence-corrected chi connectivity index (χ2v) is 6.23. The van der Waals surface area contributed by atoms with Crippen molar-refractivity contribution in [1.82, 2.24) is 5.32 Å². The average Bonchev–Trinajstić information content (AvgIpc) is 2.93. The summed E-state index contributed by atoms with van der Waals surface area (Å²) in [6.07, 6.45) is 5.28. The minimum atomic E-state index is 0.442. The zero-order valence-corrected chi connectivity index (χ0v) is 13.7. The predicted molar refractivity (Wildman–Crippen MR) is 85.4 cm³/mol. The average molecular weight is 275 g/mol. The molecule has 2 atom stereocenters. The predicted octanol–water partition coefficient (Wildman–Crippen LogP) is 4.14. The molecule has 1 fully saturated rings. The third-order valence-electron chi connectivity index (χ3n) is 4.92. The normalized spacial score (nSPS) is 20.4. The molecule has 1 heterocycles. The van der Waals surface area contributed by atoms with Crippen LogP contribution in [-0.4, -0.2) is 19.8 Å². The van der Waals surface area contributed by atoms with E-state index in [1.807, 2.05) is 0 Å². The van der Waals surface area contributed by atoms with Crippen molar-refractivity contribution in [3.05, 3.63) is 33.9 Å². The van der Waals surface area contributed by atoms with E-state index in [0.29, 0.717) is 12.1 Å². The van der Waals surface area contributed by atoms with Gasteiger partial charge in [0.05, 0.1) is 6.10 Å². The molecule has 1 N–H and O–H groups in total. The molecule has 2 heteroatoms. The molecule has 0 bridgehead atoms. The number of benzene rings is 1. The summed E-state index contributed by atoms with van der Waals surface area (Å²) in [6, 6.07) is 2.75. The van der Waals surface area contributed by atoms with Gasteiger partial charge in [0.25, 0.3) is 0 Å². The van der Waals surface area contributed by atoms with Crippen molar-refractivity contribution in [2.45, 2.75) is 65.5 Å². The maximum absolute atomic E-state index is 5.76. The molecule has 1 saturated heterocycles. The van der Waals surface area contributed by atoms with E-state index < -0.39 is 0 Å². The Labute approximate surface area is 123 Å². The number of aryl methyl sites for hydroxylation is 2. The SMILES string of the molecule is CNC(CCC1CCCO1)c1c(C)c(C)cc(C)c1C. The number of rotatable bonds is 5. The Bertz CT molecular complexity index is 435. The van der Waals surface area contributed by atoms with Gasteiger partial charge in [-0.2, -0.15) is 0 Å². The van der Waals surface area contributed by atoms with E-state index >= 15 is 0 Å². The number of hydrogen-bond donors (Lipinski definition) is 1. The number of ether oxygens (including phenoxy) is 1. The standard InChI is InChI=1S/C18H29NO/c1-12-11-13(2)15(4)18(14(12)3)17(19-5)9-8-16-7-6-10-20-16/h11,16-17,19H,6-10H2,1-5H3. The Hall–Kier alpha value is -0.860. The first-order valence-corrected chi connectivity index (χ1v) is 7.90. The van der Waals surface area contributed by atoms with E-state index in [4.69, 9.17) is 4.74 Å². The molecule has 2 rings (SSSR count). The van der Waals surface area contributed by atoms with E-state index in [0.717, 1.165) is 19.4 Å². The molecular weight excluding hydrogens is 246 g/mol. The minimum absolute atomic E-state index is 0.442. The van der Waals surface area contributed by atoms with E-state index in [9.17, 15) is 0 Å². The Morgan fingerprint density at radius 3 is 2.35 bits per heavy atom. The smallest absolute Gasteiger partial charge is 0.0576 e. The highest BCUT2D eigenvalue weighted by atomic mass is 16.5. The van der Waals surface area contributed by atoms with Gasteiger partial charge in [-0.3, -0.25) is 0 Å². The first-order valence-electron chi connectivity index (χ1n) is 7.90. The van der Waals surface area contributed by atoms with Crippen LogP contribution in [0.4, 0.5) is 0 Å². The largest absolute Gasteiger partial charge is 0.378 e. The van der Waals surface area contributed by atoms with Gasteiger partial charge in [0, 0.05) is 12.6 Å². The van der Waals surface area contributed by atoms with Crippen molar-refractivity contribution in [3.8, 4) is 0 Å². The van der Waals surface area contributed by atoms with Crippen molar-refractivity contribution >= 4 is 0 Å². The van der Waals surface area contributed by atoms with Crippen LogP contribution in [0.5, 0.6) is 0 Å². The molecule has 1 aromatic carbocycles. The van der Waals surface area contributed by atoms with Crippen LogP contribution in [0.1, 0.15) is 59.5 Å². The second-order valence-electron chi connectivity index (χ2n) is 6.23. The van der Waals surface area contributed by atoms with Gasteiger partial charge in [-0.15, -0.1) is 0 Å². The maximum Gasteiger partial charge on any atom is 0.0576 e. The summed E-state index contributed by atoms with van der Waals surface area (Å²) in [7, 11) is 2.08. The lowest BCUT2D eigenvalue weighted by Crippen LogP contribution is -2.21. The molecule has 2 nitrogen and oxygen atoms in total. The van der Waals surface area contributed by atoms with Crippen molar-refractivity contribution in [2.24, 2.45) is 0 Å². The van der Waals surface area contributed by atoms with Crippen LogP contribution in [0.25, 0.3) is 0 Å². The molecule has 20 heavy (non-hydrogen) atoms. The fourth-order valence-corrected chi connectivity index (χ4v) is 3.43. The van der Waals surface area contributed by atoms with Crippen molar-refractivity contribution in [2.75, 3.05) is 13.7 Å². The number of nitrogens with one attached hydrogen (secondary N) is 1. The fraction of sp³-hybridized carbons (Fsp3) is 0.667. The first kappa shape index (κ1) is 15.5. The van der Waals surface area contributed by atoms with Crippen LogP contribution in [0, 0.1) is 27.7 Å². The highest BCUT2D eigenvalue weighted by molar-refractivity contribution is 5.45. The Kier molecular flexibility index (Phi) is 5.22. The lowest BCUT2D eigenvalue weighted by molar-refractivity contribution is 0.0998. The molecule has 1 aliphatic rings. The van der Waals surface area contributed by atoms with E-state index in [2.05, 4.69) is 46.1 Å². The summed E-state index contributed by atoms with van der Waals surface area (Å²) in [5.41, 5.74) is 7.20. The zero-order chi connectivity index (χ0) is 14.7. The monoisotopic (exact) mass is 275 g/mol. The molecule has 1 aliphatic heterocycles. The third kappa shape index (κ3) is 3.24. The number of hydrogen-bond acceptors (Lipinski definition) is 2. The van der Waals surface area contributed by atoms with Crippen LogP contribution in [-0.2, 0) is 4.74 Å². The van der Waals surface area contributed by atoms with Crippen LogP contribution in [0.3, 0.4) is 0 Å². The summed E-state index contributed by atoms with van der Waals surface area (Å²) in [5.74, 6) is 0. The summed E-state index contributed by atoms with van der Waals surface area (Å²) in [6.45, 7) is 9.91. The molecule has 0 saturated carbocycles. The van der Waals surface area contributed by atoms with Crippen molar-refractivity contribution < 1.29 is 4.74 Å². The highest BCUT2D eigenvalue weighted by Gasteiger charge is 2.21. The first-order chi connectivity index (χ1) is 9.54. The van der Waals surface area contributed by atoms with Gasteiger partial charge in [0.2, 0.25) is 0 Å². The molecule has 0 aliphatic carbocycles. The molecule has 0 aromatic heterocycles. The molecular formula is C18H29NO. The Morgan fingerprint density at radius 2 is 1.85 bits per heavy atom. The molecule has 112 valence electrons. The second kappa shape index (κ2) is 6.73. The van der Waals surface area contributed by atoms with Gasteiger partial charge in [-0.25, -0.2) is 0 Å². The van der Waals surface area contributed by atoms with E-state index in [1.165, 1.54) is 40.7 Å². The maximum atomic E-state index is 5.76. The van der Waals surface area contributed by atoms with Gasteiger partial charge >= 0.3 is 0 Å². The van der Waals surface area contributed by atoms with Crippen LogP contribution in [0.2, 0.25) is 0 Å². The Morgan fingerprint density at radius 1 is 1.20 bits per heavy atom. The Balaban J connectivity index is 2.18. The van der Waals surface area contributed by atoms with Gasteiger partial charge in [0.15, 0.2) is 0 Å². The molecule has 0 radical (unpaired) electrons. The lowest BCUT2D eigenvalue weighted by Gasteiger charge is -2.25. The minimum Gasteiger partial charge on any atom is -0.378 e. The summed E-state index contributed by atoms with van der Waals surface area (Å²) in [4.78, 5) is 0. The van der Waals surface area contributed by atoms with Crippen molar-refractivity contribution in [3.63, 3.8) is 0 Å². The molecule has 0 spiro atoms. The van der Waals surface area contributed by atoms with Crippen LogP contribution in [0.15, 0.2) is 6.07 Å². The van der Waals surface area contributed by atoms with Crippen molar-refractivity contribution in [1.29, 1.82) is 0 Å². The lowest BCUT2D eigenvalue weighted by atomic mass is 9.87. The summed E-state index contributed by atoms with van der Waals surface area (Å²) in [5, 5.41) is 3.52. The van der Waals surface area contributed by atoms with Crippen LogP contribution < -0.4 is 5.32 Å². The summed E-state index contributed by atoms with van der Waals surface area (Å²) >= 11 is 0. The third-order valence-corrected chi connectivity index (χ3v) is 4.92. The van der Waals surface area contributed by atoms with E-state index in [-0.39, 0.29) is 0 Å². The quantitative estimate of drug-likeness (QED) is 0.872. The molecule has 2 unspecified atom stereocenters. The van der Waals surface area contributed by atoms with Gasteiger partial charge < -0.3 is 10.1 Å². The van der Waals surface area contributed by atoms with Gasteiger partial charge in [-0.05, 0) is 88.2 Å². The summed E-state index contributed by atoms with van der Waals surface area (Å²) < 4.78 is 5.76. The van der Waals surface area contributed by atoms with E-state index in [1.54, 1.807) is 0 Å². The van der Waals surface area contributed by atoms with Gasteiger partial charge in [-0.1, -0.05) is 6.07 Å². The van der Waals surface area contributed by atoms with Gasteiger partial charge in [0.1, 0.15) is 0 Å². The molecule has 0 amide bonds. The highest BCUT2D eigenvalue weighted by Crippen LogP contribution is 2.31. The topological polar surface area (TPSA) is 21.3 Å².